The Bertz CT molecular complexity index is 887. The van der Waals surface area contributed by atoms with Gasteiger partial charge in [0.15, 0.2) is 5.69 Å². The molecule has 0 saturated heterocycles. The van der Waals surface area contributed by atoms with Crippen LogP contribution < -0.4 is 4.72 Å². The first-order valence-corrected chi connectivity index (χ1v) is 9.89. The summed E-state index contributed by atoms with van der Waals surface area (Å²) in [5.41, 5.74) is 0.920. The third-order valence-electron chi connectivity index (χ3n) is 4.47. The van der Waals surface area contributed by atoms with Crippen molar-refractivity contribution in [2.45, 2.75) is 50.2 Å². The maximum Gasteiger partial charge on any atom is 0.435 e. The standard InChI is InChI=1S/C17H20F3N3O2S/c1-12-6-8-13(9-7-12)26(24,25)21-10-11-23-15-5-3-2-4-14(15)16(22-23)17(18,19)20/h6-9,21H,2-5,10-11H2,1H3. The van der Waals surface area contributed by atoms with Crippen LogP contribution in [-0.4, -0.2) is 24.7 Å². The molecule has 1 aromatic heterocycles. The molecular weight excluding hydrogens is 367 g/mol. The van der Waals surface area contributed by atoms with Crippen molar-refractivity contribution in [3.05, 3.63) is 46.8 Å². The minimum Gasteiger partial charge on any atom is -0.267 e. The minimum atomic E-state index is -4.49. The van der Waals surface area contributed by atoms with Gasteiger partial charge in [-0.15, -0.1) is 0 Å². The molecule has 1 N–H and O–H groups in total. The Morgan fingerprint density at radius 3 is 2.46 bits per heavy atom. The Morgan fingerprint density at radius 2 is 1.81 bits per heavy atom. The summed E-state index contributed by atoms with van der Waals surface area (Å²) in [6.45, 7) is 1.88. The smallest absolute Gasteiger partial charge is 0.267 e. The van der Waals surface area contributed by atoms with Crippen LogP contribution in [0.25, 0.3) is 0 Å². The second-order valence-corrected chi connectivity index (χ2v) is 8.18. The third kappa shape index (κ3) is 3.93. The van der Waals surface area contributed by atoms with Gasteiger partial charge in [0.1, 0.15) is 0 Å². The summed E-state index contributed by atoms with van der Waals surface area (Å²) in [6, 6.07) is 6.37. The highest BCUT2D eigenvalue weighted by Crippen LogP contribution is 2.35. The van der Waals surface area contributed by atoms with E-state index in [0.29, 0.717) is 25.0 Å². The van der Waals surface area contributed by atoms with Gasteiger partial charge in [-0.05, 0) is 44.7 Å². The highest BCUT2D eigenvalue weighted by atomic mass is 32.2. The Labute approximate surface area is 150 Å². The summed E-state index contributed by atoms with van der Waals surface area (Å²) in [5, 5.41) is 3.72. The molecule has 0 unspecified atom stereocenters. The van der Waals surface area contributed by atoms with Gasteiger partial charge in [-0.2, -0.15) is 18.3 Å². The Balaban J connectivity index is 1.74. The Hall–Kier alpha value is -1.87. The number of hydrogen-bond acceptors (Lipinski definition) is 3. The van der Waals surface area contributed by atoms with Crippen molar-refractivity contribution in [1.29, 1.82) is 0 Å². The molecule has 9 heteroatoms. The Morgan fingerprint density at radius 1 is 1.15 bits per heavy atom. The van der Waals surface area contributed by atoms with Gasteiger partial charge in [0, 0.05) is 17.8 Å². The van der Waals surface area contributed by atoms with Crippen molar-refractivity contribution >= 4 is 10.0 Å². The van der Waals surface area contributed by atoms with Gasteiger partial charge < -0.3 is 0 Å². The SMILES string of the molecule is Cc1ccc(S(=O)(=O)NCCn2nc(C(F)(F)F)c3c2CCCC3)cc1. The molecular formula is C17H20F3N3O2S. The van der Waals surface area contributed by atoms with Crippen molar-refractivity contribution in [2.75, 3.05) is 6.54 Å². The van der Waals surface area contributed by atoms with E-state index < -0.39 is 21.9 Å². The van der Waals surface area contributed by atoms with Crippen molar-refractivity contribution in [2.24, 2.45) is 0 Å². The van der Waals surface area contributed by atoms with Gasteiger partial charge >= 0.3 is 6.18 Å². The van der Waals surface area contributed by atoms with E-state index in [1.165, 1.54) is 16.8 Å². The summed E-state index contributed by atoms with van der Waals surface area (Å²) >= 11 is 0. The number of nitrogens with one attached hydrogen (secondary N) is 1. The summed E-state index contributed by atoms with van der Waals surface area (Å²) < 4.78 is 67.8. The normalized spacial score (nSPS) is 15.1. The number of aryl methyl sites for hydroxylation is 1. The zero-order valence-electron chi connectivity index (χ0n) is 14.3. The fraction of sp³-hybridized carbons (Fsp3) is 0.471. The Kier molecular flexibility index (Phi) is 5.12. The van der Waals surface area contributed by atoms with Crippen molar-refractivity contribution in [1.82, 2.24) is 14.5 Å². The van der Waals surface area contributed by atoms with E-state index in [1.54, 1.807) is 12.1 Å². The zero-order valence-corrected chi connectivity index (χ0v) is 15.1. The van der Waals surface area contributed by atoms with E-state index in [0.717, 1.165) is 12.0 Å². The molecule has 0 aliphatic heterocycles. The number of halogens is 3. The van der Waals surface area contributed by atoms with Gasteiger partial charge in [-0.25, -0.2) is 13.1 Å². The summed E-state index contributed by atoms with van der Waals surface area (Å²) in [4.78, 5) is 0.126. The van der Waals surface area contributed by atoms with Crippen molar-refractivity contribution in [3.63, 3.8) is 0 Å². The number of aromatic nitrogens is 2. The van der Waals surface area contributed by atoms with E-state index >= 15 is 0 Å². The van der Waals surface area contributed by atoms with Crippen LogP contribution in [0.2, 0.25) is 0 Å². The van der Waals surface area contributed by atoms with Gasteiger partial charge in [-0.1, -0.05) is 17.7 Å². The monoisotopic (exact) mass is 387 g/mol. The lowest BCUT2D eigenvalue weighted by Crippen LogP contribution is -2.28. The van der Waals surface area contributed by atoms with Crippen LogP contribution >= 0.6 is 0 Å². The van der Waals surface area contributed by atoms with E-state index in [9.17, 15) is 21.6 Å². The van der Waals surface area contributed by atoms with Crippen molar-refractivity contribution in [3.8, 4) is 0 Å². The quantitative estimate of drug-likeness (QED) is 0.858. The summed E-state index contributed by atoms with van der Waals surface area (Å²) in [7, 11) is -3.70. The van der Waals surface area contributed by atoms with Crippen LogP contribution in [0.15, 0.2) is 29.2 Å². The van der Waals surface area contributed by atoms with Crippen LogP contribution in [0.5, 0.6) is 0 Å². The average Bonchev–Trinajstić information content (AvgIpc) is 2.94. The van der Waals surface area contributed by atoms with Gasteiger partial charge in [0.2, 0.25) is 10.0 Å². The molecule has 0 spiro atoms. The predicted molar refractivity (Wildman–Crippen MR) is 90.2 cm³/mol. The zero-order chi connectivity index (χ0) is 18.9. The van der Waals surface area contributed by atoms with Crippen LogP contribution in [-0.2, 0) is 35.6 Å². The summed E-state index contributed by atoms with van der Waals surface area (Å²) in [6.07, 6.45) is -2.08. The van der Waals surface area contributed by atoms with Crippen LogP contribution in [0.1, 0.15) is 35.4 Å². The van der Waals surface area contributed by atoms with E-state index in [2.05, 4.69) is 9.82 Å². The molecule has 1 aromatic carbocycles. The molecule has 0 amide bonds. The number of rotatable bonds is 5. The topological polar surface area (TPSA) is 64.0 Å². The van der Waals surface area contributed by atoms with Gasteiger partial charge in [-0.3, -0.25) is 4.68 Å². The van der Waals surface area contributed by atoms with Crippen LogP contribution in [0.3, 0.4) is 0 Å². The van der Waals surface area contributed by atoms with Crippen LogP contribution in [0.4, 0.5) is 13.2 Å². The number of nitrogens with zero attached hydrogens (tertiary/aromatic N) is 2. The number of alkyl halides is 3. The molecule has 0 radical (unpaired) electrons. The number of benzene rings is 1. The molecule has 1 aliphatic carbocycles. The first-order valence-electron chi connectivity index (χ1n) is 8.40. The van der Waals surface area contributed by atoms with E-state index in [1.807, 2.05) is 6.92 Å². The largest absolute Gasteiger partial charge is 0.435 e. The van der Waals surface area contributed by atoms with Gasteiger partial charge in [0.25, 0.3) is 0 Å². The molecule has 0 atom stereocenters. The van der Waals surface area contributed by atoms with E-state index in [-0.39, 0.29) is 23.5 Å². The molecule has 26 heavy (non-hydrogen) atoms. The maximum atomic E-state index is 13.2. The summed E-state index contributed by atoms with van der Waals surface area (Å²) in [5.74, 6) is 0. The number of sulfonamides is 1. The lowest BCUT2D eigenvalue weighted by atomic mass is 9.95. The molecule has 0 saturated carbocycles. The maximum absolute atomic E-state index is 13.2. The fourth-order valence-electron chi connectivity index (χ4n) is 3.17. The first-order chi connectivity index (χ1) is 12.2. The fourth-order valence-corrected chi connectivity index (χ4v) is 4.19. The third-order valence-corrected chi connectivity index (χ3v) is 5.95. The molecule has 0 fully saturated rings. The highest BCUT2D eigenvalue weighted by Gasteiger charge is 2.39. The van der Waals surface area contributed by atoms with Gasteiger partial charge in [0.05, 0.1) is 11.4 Å². The number of hydrogen-bond donors (Lipinski definition) is 1. The minimum absolute atomic E-state index is 0.0262. The lowest BCUT2D eigenvalue weighted by Gasteiger charge is -2.15. The highest BCUT2D eigenvalue weighted by molar-refractivity contribution is 7.89. The molecule has 2 aromatic rings. The number of fused-ring (bicyclic) bond motifs is 1. The predicted octanol–water partition coefficient (Wildman–Crippen LogP) is 3.07. The molecule has 5 nitrogen and oxygen atoms in total. The second-order valence-electron chi connectivity index (χ2n) is 6.41. The van der Waals surface area contributed by atoms with E-state index in [4.69, 9.17) is 0 Å². The molecule has 1 heterocycles. The average molecular weight is 387 g/mol. The van der Waals surface area contributed by atoms with Crippen molar-refractivity contribution < 1.29 is 21.6 Å². The lowest BCUT2D eigenvalue weighted by molar-refractivity contribution is -0.142. The molecule has 0 bridgehead atoms. The molecule has 1 aliphatic rings. The van der Waals surface area contributed by atoms with Crippen LogP contribution in [0, 0.1) is 6.92 Å². The second kappa shape index (κ2) is 7.03. The first kappa shape index (κ1) is 18.9. The molecule has 142 valence electrons. The molecule has 3 rings (SSSR count).